The molecule has 4 aliphatic carbocycles. The van der Waals surface area contributed by atoms with E-state index in [9.17, 15) is 4.79 Å². The molecule has 0 unspecified atom stereocenters. The Balaban J connectivity index is 1.17. The van der Waals surface area contributed by atoms with Gasteiger partial charge in [0.15, 0.2) is 11.0 Å². The number of fused-ring (bicyclic) bond motifs is 1. The summed E-state index contributed by atoms with van der Waals surface area (Å²) in [4.78, 5) is 16.5. The molecular formula is C28H37N5OS. The number of carbonyl (C=O) groups excluding carboxylic acids is 1. The molecular weight excluding hydrogens is 454 g/mol. The third-order valence-corrected chi connectivity index (χ3v) is 9.52. The minimum atomic E-state index is 0.0649. The summed E-state index contributed by atoms with van der Waals surface area (Å²) in [6.07, 6.45) is 14.5. The molecule has 0 saturated heterocycles. The molecule has 2 aromatic heterocycles. The lowest BCUT2D eigenvalue weighted by Crippen LogP contribution is -2.60. The van der Waals surface area contributed by atoms with Gasteiger partial charge in [0.2, 0.25) is 5.91 Å². The lowest BCUT2D eigenvalue weighted by molar-refractivity contribution is -0.124. The molecule has 0 spiro atoms. The summed E-state index contributed by atoms with van der Waals surface area (Å²) in [5.41, 5.74) is 2.25. The normalized spacial score (nSPS) is 27.1. The molecule has 4 saturated carbocycles. The van der Waals surface area contributed by atoms with E-state index in [-0.39, 0.29) is 11.4 Å². The lowest BCUT2D eigenvalue weighted by Gasteiger charge is -2.56. The zero-order valence-electron chi connectivity index (χ0n) is 20.8. The third-order valence-electron chi connectivity index (χ3n) is 8.56. The Morgan fingerprint density at radius 3 is 2.57 bits per heavy atom. The van der Waals surface area contributed by atoms with Crippen LogP contribution in [-0.4, -0.2) is 36.9 Å². The second kappa shape index (κ2) is 9.64. The van der Waals surface area contributed by atoms with Crippen molar-refractivity contribution in [3.05, 3.63) is 30.5 Å². The first-order valence-corrected chi connectivity index (χ1v) is 14.5. The van der Waals surface area contributed by atoms with Crippen molar-refractivity contribution in [1.29, 1.82) is 0 Å². The molecule has 4 aliphatic rings. The number of carbonyl (C=O) groups is 1. The quantitative estimate of drug-likeness (QED) is 0.262. The van der Waals surface area contributed by atoms with Gasteiger partial charge in [0, 0.05) is 34.7 Å². The fourth-order valence-corrected chi connectivity index (χ4v) is 8.24. The highest BCUT2D eigenvalue weighted by Crippen LogP contribution is 2.55. The number of unbranched alkanes of at least 4 members (excludes halogenated alkanes) is 3. The first-order chi connectivity index (χ1) is 17.1. The average Bonchev–Trinajstić information content (AvgIpc) is 3.43. The van der Waals surface area contributed by atoms with E-state index in [0.29, 0.717) is 5.75 Å². The van der Waals surface area contributed by atoms with Crippen LogP contribution in [0.3, 0.4) is 0 Å². The average molecular weight is 492 g/mol. The van der Waals surface area contributed by atoms with Gasteiger partial charge in [-0.2, -0.15) is 0 Å². The fourth-order valence-electron chi connectivity index (χ4n) is 7.48. The van der Waals surface area contributed by atoms with Gasteiger partial charge in [0.05, 0.1) is 5.75 Å². The summed E-state index contributed by atoms with van der Waals surface area (Å²) in [7, 11) is 0. The highest BCUT2D eigenvalue weighted by atomic mass is 32.2. The second-order valence-electron chi connectivity index (χ2n) is 11.3. The van der Waals surface area contributed by atoms with Crippen LogP contribution in [0.4, 0.5) is 0 Å². The van der Waals surface area contributed by atoms with Crippen molar-refractivity contribution in [2.24, 2.45) is 17.8 Å². The number of amides is 1. The number of hydrogen-bond acceptors (Lipinski definition) is 4. The highest BCUT2D eigenvalue weighted by Gasteiger charge is 2.51. The molecule has 0 aliphatic heterocycles. The van der Waals surface area contributed by atoms with E-state index in [2.05, 4.69) is 50.2 Å². The number of nitrogens with zero attached hydrogens (tertiary/aromatic N) is 3. The molecule has 4 fully saturated rings. The van der Waals surface area contributed by atoms with Gasteiger partial charge in [0.1, 0.15) is 0 Å². The van der Waals surface area contributed by atoms with Crippen molar-refractivity contribution >= 4 is 28.6 Å². The number of aromatic nitrogens is 4. The fraction of sp³-hybridized carbons (Fsp3) is 0.607. The molecule has 186 valence electrons. The van der Waals surface area contributed by atoms with Gasteiger partial charge in [-0.15, -0.1) is 10.2 Å². The molecule has 7 rings (SSSR count). The molecule has 0 radical (unpaired) electrons. The van der Waals surface area contributed by atoms with Crippen molar-refractivity contribution in [3.63, 3.8) is 0 Å². The van der Waals surface area contributed by atoms with Crippen LogP contribution in [0.1, 0.15) is 71.1 Å². The van der Waals surface area contributed by atoms with Gasteiger partial charge >= 0.3 is 0 Å². The summed E-state index contributed by atoms with van der Waals surface area (Å²) in [5, 5.41) is 14.7. The zero-order chi connectivity index (χ0) is 23.8. The van der Waals surface area contributed by atoms with Gasteiger partial charge in [-0.25, -0.2) is 0 Å². The molecule has 3 aromatic rings. The first-order valence-electron chi connectivity index (χ1n) is 13.6. The maximum absolute atomic E-state index is 13.1. The monoisotopic (exact) mass is 491 g/mol. The predicted octanol–water partition coefficient (Wildman–Crippen LogP) is 6.18. The molecule has 1 aromatic carbocycles. The Morgan fingerprint density at radius 2 is 1.83 bits per heavy atom. The molecule has 2 N–H and O–H groups in total. The van der Waals surface area contributed by atoms with Crippen molar-refractivity contribution in [2.45, 2.75) is 88.4 Å². The van der Waals surface area contributed by atoms with Crippen LogP contribution in [0.2, 0.25) is 0 Å². The smallest absolute Gasteiger partial charge is 0.230 e. The first kappa shape index (κ1) is 23.1. The Morgan fingerprint density at radius 1 is 1.09 bits per heavy atom. The molecule has 2 heterocycles. The molecule has 6 nitrogen and oxygen atoms in total. The van der Waals surface area contributed by atoms with E-state index < -0.39 is 0 Å². The van der Waals surface area contributed by atoms with E-state index in [1.54, 1.807) is 0 Å². The van der Waals surface area contributed by atoms with E-state index in [0.717, 1.165) is 58.2 Å². The summed E-state index contributed by atoms with van der Waals surface area (Å²) in [6, 6.07) is 8.32. The largest absolute Gasteiger partial charge is 0.360 e. The van der Waals surface area contributed by atoms with Crippen molar-refractivity contribution in [2.75, 3.05) is 5.75 Å². The second-order valence-corrected chi connectivity index (χ2v) is 12.2. The van der Waals surface area contributed by atoms with E-state index >= 15 is 0 Å². The van der Waals surface area contributed by atoms with Gasteiger partial charge in [-0.3, -0.25) is 4.79 Å². The van der Waals surface area contributed by atoms with Gasteiger partial charge < -0.3 is 14.9 Å². The number of rotatable bonds is 10. The van der Waals surface area contributed by atoms with E-state index in [1.807, 2.05) is 12.3 Å². The number of para-hydroxylation sites is 1. The number of nitrogens with one attached hydrogen (secondary N) is 2. The molecule has 1 amide bonds. The molecule has 4 bridgehead atoms. The Labute approximate surface area is 212 Å². The Bertz CT molecular complexity index is 1160. The minimum absolute atomic E-state index is 0.0649. The number of hydrogen-bond donors (Lipinski definition) is 2. The summed E-state index contributed by atoms with van der Waals surface area (Å²) < 4.78 is 2.23. The van der Waals surface area contributed by atoms with Gasteiger partial charge in [-0.1, -0.05) is 56.1 Å². The van der Waals surface area contributed by atoms with Crippen LogP contribution in [0.25, 0.3) is 22.3 Å². The minimum Gasteiger partial charge on any atom is -0.360 e. The zero-order valence-corrected chi connectivity index (χ0v) is 21.6. The highest BCUT2D eigenvalue weighted by molar-refractivity contribution is 7.99. The molecule has 7 heteroatoms. The molecule has 35 heavy (non-hydrogen) atoms. The maximum Gasteiger partial charge on any atom is 0.230 e. The van der Waals surface area contributed by atoms with Gasteiger partial charge in [-0.05, 0) is 68.8 Å². The number of thioether (sulfide) groups is 1. The number of aromatic amines is 1. The van der Waals surface area contributed by atoms with E-state index in [4.69, 9.17) is 0 Å². The van der Waals surface area contributed by atoms with Crippen LogP contribution in [0.15, 0.2) is 35.6 Å². The summed E-state index contributed by atoms with van der Waals surface area (Å²) >= 11 is 1.54. The van der Waals surface area contributed by atoms with Crippen LogP contribution in [0.5, 0.6) is 0 Å². The maximum atomic E-state index is 13.1. The Hall–Kier alpha value is -2.28. The van der Waals surface area contributed by atoms with Crippen LogP contribution < -0.4 is 5.32 Å². The van der Waals surface area contributed by atoms with E-state index in [1.165, 1.54) is 69.5 Å². The lowest BCUT2D eigenvalue weighted by atomic mass is 9.53. The Kier molecular flexibility index (Phi) is 6.37. The topological polar surface area (TPSA) is 75.6 Å². The number of H-pyrrole nitrogens is 1. The standard InChI is InChI=1S/C28H37N5OS/c1-2-3-4-7-10-33-26(23-17-29-24-9-6-5-8-22(23)24)31-32-27(33)35-18-25(34)30-28-14-19-11-20(15-28)13-21(12-19)16-28/h5-6,8-9,17,19-21,29H,2-4,7,10-16,18H2,1H3,(H,30,34). The van der Waals surface area contributed by atoms with Crippen molar-refractivity contribution in [3.8, 4) is 11.4 Å². The van der Waals surface area contributed by atoms with Gasteiger partial charge in [0.25, 0.3) is 0 Å². The summed E-state index contributed by atoms with van der Waals surface area (Å²) in [5.74, 6) is 3.95. The van der Waals surface area contributed by atoms with Crippen molar-refractivity contribution in [1.82, 2.24) is 25.1 Å². The number of benzene rings is 1. The van der Waals surface area contributed by atoms with Crippen LogP contribution >= 0.6 is 11.8 Å². The molecule has 0 atom stereocenters. The van der Waals surface area contributed by atoms with Crippen LogP contribution in [0, 0.1) is 17.8 Å². The summed E-state index contributed by atoms with van der Waals surface area (Å²) in [6.45, 7) is 3.11. The third kappa shape index (κ3) is 4.64. The van der Waals surface area contributed by atoms with Crippen molar-refractivity contribution < 1.29 is 4.79 Å². The van der Waals surface area contributed by atoms with Crippen LogP contribution in [-0.2, 0) is 11.3 Å². The SMILES string of the molecule is CCCCCCn1c(SCC(=O)NC23CC4CC(CC(C4)C2)C3)nnc1-c1c[nH]c2ccccc12. The predicted molar refractivity (Wildman–Crippen MR) is 141 cm³/mol.